The monoisotopic (exact) mass is 299 g/mol. The van der Waals surface area contributed by atoms with Gasteiger partial charge in [-0.05, 0) is 37.9 Å². The van der Waals surface area contributed by atoms with Crippen molar-refractivity contribution in [3.63, 3.8) is 0 Å². The number of hydrogen-bond donors (Lipinski definition) is 1. The third-order valence-corrected chi connectivity index (χ3v) is 3.79. The highest BCUT2D eigenvalue weighted by atomic mass is 35.5. The third kappa shape index (κ3) is 6.61. The second-order valence-electron chi connectivity index (χ2n) is 4.21. The molecule has 1 unspecified atom stereocenters. The molecule has 0 saturated heterocycles. The van der Waals surface area contributed by atoms with E-state index in [1.807, 2.05) is 13.0 Å². The molecular formula is C12H17ClF3NS. The molecule has 0 aliphatic rings. The predicted molar refractivity (Wildman–Crippen MR) is 70.4 cm³/mol. The minimum absolute atomic E-state index is 0.110. The largest absolute Gasteiger partial charge is 0.389 e. The van der Waals surface area contributed by atoms with E-state index in [1.54, 1.807) is 6.07 Å². The van der Waals surface area contributed by atoms with Gasteiger partial charge in [0.15, 0.2) is 0 Å². The van der Waals surface area contributed by atoms with Crippen molar-refractivity contribution in [2.24, 2.45) is 0 Å². The molecule has 1 aromatic heterocycles. The summed E-state index contributed by atoms with van der Waals surface area (Å²) in [6, 6.07) is 3.52. The first-order valence-electron chi connectivity index (χ1n) is 5.95. The fourth-order valence-corrected chi connectivity index (χ4v) is 2.83. The molecule has 0 fully saturated rings. The molecule has 0 spiro atoms. The van der Waals surface area contributed by atoms with E-state index in [4.69, 9.17) is 11.6 Å². The van der Waals surface area contributed by atoms with Gasteiger partial charge in [0.1, 0.15) is 0 Å². The highest BCUT2D eigenvalue weighted by molar-refractivity contribution is 7.16. The average Bonchev–Trinajstić information content (AvgIpc) is 2.67. The van der Waals surface area contributed by atoms with Crippen LogP contribution in [-0.2, 0) is 6.42 Å². The van der Waals surface area contributed by atoms with Crippen LogP contribution in [0.3, 0.4) is 0 Å². The summed E-state index contributed by atoms with van der Waals surface area (Å²) in [6.45, 7) is 2.73. The topological polar surface area (TPSA) is 12.0 Å². The molecule has 0 radical (unpaired) electrons. The zero-order valence-electron chi connectivity index (χ0n) is 10.2. The summed E-state index contributed by atoms with van der Waals surface area (Å²) in [4.78, 5) is 1.02. The van der Waals surface area contributed by atoms with Crippen LogP contribution in [0.5, 0.6) is 0 Å². The third-order valence-electron chi connectivity index (χ3n) is 2.54. The van der Waals surface area contributed by atoms with Gasteiger partial charge in [-0.1, -0.05) is 18.5 Å². The zero-order valence-corrected chi connectivity index (χ0v) is 11.8. The number of halogens is 4. The summed E-state index contributed by atoms with van der Waals surface area (Å²) in [7, 11) is 0. The Balaban J connectivity index is 2.49. The SMILES string of the molecule is CCCNC(CCC(F)(F)F)Cc1ccc(Cl)s1. The molecule has 0 bridgehead atoms. The van der Waals surface area contributed by atoms with Crippen LogP contribution in [0, 0.1) is 0 Å². The first kappa shape index (κ1) is 15.8. The van der Waals surface area contributed by atoms with Crippen LogP contribution < -0.4 is 5.32 Å². The molecule has 1 heterocycles. The molecule has 1 atom stereocenters. The maximum absolute atomic E-state index is 12.2. The summed E-state index contributed by atoms with van der Waals surface area (Å²) < 4.78 is 37.4. The lowest BCUT2D eigenvalue weighted by Gasteiger charge is -2.18. The van der Waals surface area contributed by atoms with E-state index >= 15 is 0 Å². The van der Waals surface area contributed by atoms with E-state index in [0.29, 0.717) is 10.8 Å². The molecule has 0 aliphatic carbocycles. The number of rotatable bonds is 7. The Morgan fingerprint density at radius 1 is 1.39 bits per heavy atom. The van der Waals surface area contributed by atoms with Gasteiger partial charge in [-0.25, -0.2) is 0 Å². The molecular weight excluding hydrogens is 283 g/mol. The Bertz CT molecular complexity index is 351. The van der Waals surface area contributed by atoms with Crippen LogP contribution in [0.1, 0.15) is 31.1 Å². The van der Waals surface area contributed by atoms with Crippen molar-refractivity contribution in [1.82, 2.24) is 5.32 Å². The predicted octanol–water partition coefficient (Wildman–Crippen LogP) is 4.65. The normalized spacial score (nSPS) is 13.8. The average molecular weight is 300 g/mol. The van der Waals surface area contributed by atoms with Gasteiger partial charge in [-0.2, -0.15) is 13.2 Å². The molecule has 1 aromatic rings. The first-order valence-corrected chi connectivity index (χ1v) is 7.14. The van der Waals surface area contributed by atoms with Gasteiger partial charge in [0, 0.05) is 17.3 Å². The number of thiophene rings is 1. The van der Waals surface area contributed by atoms with E-state index in [9.17, 15) is 13.2 Å². The van der Waals surface area contributed by atoms with E-state index in [2.05, 4.69) is 5.32 Å². The van der Waals surface area contributed by atoms with Crippen molar-refractivity contribution in [3.05, 3.63) is 21.3 Å². The van der Waals surface area contributed by atoms with E-state index in [-0.39, 0.29) is 12.5 Å². The van der Waals surface area contributed by atoms with E-state index in [1.165, 1.54) is 11.3 Å². The Labute approximate surface area is 114 Å². The lowest BCUT2D eigenvalue weighted by molar-refractivity contribution is -0.136. The lowest BCUT2D eigenvalue weighted by Crippen LogP contribution is -2.32. The second kappa shape index (κ2) is 7.36. The number of alkyl halides is 3. The van der Waals surface area contributed by atoms with Gasteiger partial charge in [0.25, 0.3) is 0 Å². The Morgan fingerprint density at radius 3 is 2.61 bits per heavy atom. The Kier molecular flexibility index (Phi) is 6.46. The molecule has 0 aromatic carbocycles. The van der Waals surface area contributed by atoms with Crippen LogP contribution in [-0.4, -0.2) is 18.8 Å². The quantitative estimate of drug-likeness (QED) is 0.772. The highest BCUT2D eigenvalue weighted by Gasteiger charge is 2.28. The molecule has 0 amide bonds. The minimum atomic E-state index is -4.08. The maximum Gasteiger partial charge on any atom is 0.389 e. The smallest absolute Gasteiger partial charge is 0.314 e. The van der Waals surface area contributed by atoms with Crippen LogP contribution in [0.15, 0.2) is 12.1 Å². The molecule has 1 N–H and O–H groups in total. The van der Waals surface area contributed by atoms with Crippen LogP contribution >= 0.6 is 22.9 Å². The standard InChI is InChI=1S/C12H17ClF3NS/c1-2-7-17-9(5-6-12(14,15)16)8-10-3-4-11(13)18-10/h3-4,9,17H,2,5-8H2,1H3. The Morgan fingerprint density at radius 2 is 2.11 bits per heavy atom. The van der Waals surface area contributed by atoms with Gasteiger partial charge in [-0.15, -0.1) is 11.3 Å². The molecule has 1 rings (SSSR count). The number of nitrogens with one attached hydrogen (secondary N) is 1. The van der Waals surface area contributed by atoms with Crippen molar-refractivity contribution in [2.75, 3.05) is 6.54 Å². The van der Waals surface area contributed by atoms with Crippen LogP contribution in [0.2, 0.25) is 4.34 Å². The molecule has 6 heteroatoms. The van der Waals surface area contributed by atoms with Crippen molar-refractivity contribution < 1.29 is 13.2 Å². The minimum Gasteiger partial charge on any atom is -0.314 e. The highest BCUT2D eigenvalue weighted by Crippen LogP contribution is 2.26. The van der Waals surface area contributed by atoms with Crippen LogP contribution in [0.25, 0.3) is 0 Å². The second-order valence-corrected chi connectivity index (χ2v) is 6.01. The summed E-state index contributed by atoms with van der Waals surface area (Å²) in [5.74, 6) is 0. The zero-order chi connectivity index (χ0) is 13.6. The van der Waals surface area contributed by atoms with Crippen molar-refractivity contribution in [1.29, 1.82) is 0 Å². The van der Waals surface area contributed by atoms with E-state index < -0.39 is 12.6 Å². The summed E-state index contributed by atoms with van der Waals surface area (Å²) in [5.41, 5.74) is 0. The molecule has 0 saturated carbocycles. The number of hydrogen-bond acceptors (Lipinski definition) is 2. The van der Waals surface area contributed by atoms with Gasteiger partial charge in [-0.3, -0.25) is 0 Å². The molecule has 1 nitrogen and oxygen atoms in total. The summed E-state index contributed by atoms with van der Waals surface area (Å²) in [6.07, 6.45) is -3.20. The summed E-state index contributed by atoms with van der Waals surface area (Å²) in [5, 5.41) is 3.16. The van der Waals surface area contributed by atoms with Gasteiger partial charge < -0.3 is 5.32 Å². The fourth-order valence-electron chi connectivity index (χ4n) is 1.67. The molecule has 0 aliphatic heterocycles. The maximum atomic E-state index is 12.2. The van der Waals surface area contributed by atoms with E-state index in [0.717, 1.165) is 17.8 Å². The summed E-state index contributed by atoms with van der Waals surface area (Å²) >= 11 is 7.24. The Hall–Kier alpha value is -0.260. The van der Waals surface area contributed by atoms with Crippen molar-refractivity contribution in [2.45, 2.75) is 44.8 Å². The van der Waals surface area contributed by atoms with Crippen LogP contribution in [0.4, 0.5) is 13.2 Å². The van der Waals surface area contributed by atoms with Crippen molar-refractivity contribution >= 4 is 22.9 Å². The lowest BCUT2D eigenvalue weighted by atomic mass is 10.1. The van der Waals surface area contributed by atoms with Gasteiger partial charge in [0.2, 0.25) is 0 Å². The van der Waals surface area contributed by atoms with Gasteiger partial charge in [0.05, 0.1) is 4.34 Å². The fraction of sp³-hybridized carbons (Fsp3) is 0.667. The first-order chi connectivity index (χ1) is 8.40. The van der Waals surface area contributed by atoms with Crippen molar-refractivity contribution in [3.8, 4) is 0 Å². The molecule has 104 valence electrons. The van der Waals surface area contributed by atoms with Gasteiger partial charge >= 0.3 is 6.18 Å². The molecule has 18 heavy (non-hydrogen) atoms.